The summed E-state index contributed by atoms with van der Waals surface area (Å²) in [6, 6.07) is 8.50. The smallest absolute Gasteiger partial charge is 0.478 e. The highest BCUT2D eigenvalue weighted by molar-refractivity contribution is 7.12. The zero-order valence-electron chi connectivity index (χ0n) is 20.6. The third kappa shape index (κ3) is 7.81. The zero-order valence-corrected chi connectivity index (χ0v) is 21.4. The highest BCUT2D eigenvalue weighted by Crippen LogP contribution is 2.25. The number of carbonyl (C=O) groups excluding carboxylic acids is 1. The molecule has 2 heterocycles. The molecule has 1 aromatic carbocycles. The number of aromatic carboxylic acids is 1. The van der Waals surface area contributed by atoms with E-state index < -0.39 is 18.1 Å². The van der Waals surface area contributed by atoms with Crippen LogP contribution in [0.5, 0.6) is 0 Å². The number of benzene rings is 1. The Morgan fingerprint density at radius 3 is 2.30 bits per heavy atom. The van der Waals surface area contributed by atoms with Crippen molar-refractivity contribution in [3.63, 3.8) is 0 Å². The molecular formula is C24H27F3N4O5S. The number of aryl methyl sites for hydroxylation is 2. The first-order valence-corrected chi connectivity index (χ1v) is 11.9. The Labute approximate surface area is 215 Å². The molecule has 1 amide bonds. The van der Waals surface area contributed by atoms with Crippen LogP contribution in [0.2, 0.25) is 0 Å². The molecule has 0 atom stereocenters. The second-order valence-corrected chi connectivity index (χ2v) is 8.86. The van der Waals surface area contributed by atoms with E-state index >= 15 is 0 Å². The van der Waals surface area contributed by atoms with Gasteiger partial charge in [-0.1, -0.05) is 6.07 Å². The number of carbonyl (C=O) groups is 3. The predicted molar refractivity (Wildman–Crippen MR) is 134 cm³/mol. The van der Waals surface area contributed by atoms with Crippen molar-refractivity contribution in [3.05, 3.63) is 63.1 Å². The van der Waals surface area contributed by atoms with E-state index in [9.17, 15) is 27.9 Å². The number of rotatable bonds is 8. The Morgan fingerprint density at radius 2 is 1.81 bits per heavy atom. The Kier molecular flexibility index (Phi) is 9.83. The minimum atomic E-state index is -5.08. The minimum Gasteiger partial charge on any atom is -0.478 e. The fourth-order valence-corrected chi connectivity index (χ4v) is 4.14. The van der Waals surface area contributed by atoms with Gasteiger partial charge in [0.05, 0.1) is 21.8 Å². The number of carboxylic acids is 2. The molecule has 3 rings (SSSR count). The van der Waals surface area contributed by atoms with Gasteiger partial charge in [-0.25, -0.2) is 9.59 Å². The van der Waals surface area contributed by atoms with Gasteiger partial charge < -0.3 is 20.4 Å². The molecule has 0 aliphatic carbocycles. The van der Waals surface area contributed by atoms with Crippen molar-refractivity contribution >= 4 is 40.6 Å². The van der Waals surface area contributed by atoms with E-state index in [0.717, 1.165) is 24.4 Å². The van der Waals surface area contributed by atoms with E-state index in [0.29, 0.717) is 22.8 Å². The van der Waals surface area contributed by atoms with Crippen LogP contribution in [-0.4, -0.2) is 57.6 Å². The number of nitrogens with one attached hydrogen (secondary N) is 1. The fourth-order valence-electron chi connectivity index (χ4n) is 3.52. The number of nitrogens with zero attached hydrogens (tertiary/aromatic N) is 3. The van der Waals surface area contributed by atoms with Crippen molar-refractivity contribution in [2.24, 2.45) is 0 Å². The Balaban J connectivity index is 0.000000604. The lowest BCUT2D eigenvalue weighted by atomic mass is 10.1. The van der Waals surface area contributed by atoms with E-state index in [1.807, 2.05) is 28.9 Å². The Morgan fingerprint density at radius 1 is 1.16 bits per heavy atom. The van der Waals surface area contributed by atoms with Gasteiger partial charge in [0.2, 0.25) is 0 Å². The Bertz CT molecular complexity index is 1260. The molecule has 3 N–H and O–H groups in total. The molecule has 0 saturated heterocycles. The molecule has 0 saturated carbocycles. The first-order valence-electron chi connectivity index (χ1n) is 11.0. The zero-order chi connectivity index (χ0) is 27.9. The molecule has 0 aliphatic rings. The molecule has 0 spiro atoms. The van der Waals surface area contributed by atoms with Gasteiger partial charge >= 0.3 is 18.1 Å². The number of carboxylic acid groups (broad SMARTS) is 2. The van der Waals surface area contributed by atoms with Gasteiger partial charge in [0.1, 0.15) is 0 Å². The molecule has 0 unspecified atom stereocenters. The lowest BCUT2D eigenvalue weighted by Crippen LogP contribution is -2.23. The number of thiophene rings is 1. The number of anilines is 2. The molecule has 0 radical (unpaired) electrons. The second-order valence-electron chi connectivity index (χ2n) is 7.91. The highest BCUT2D eigenvalue weighted by Gasteiger charge is 2.38. The normalized spacial score (nSPS) is 10.9. The monoisotopic (exact) mass is 540 g/mol. The third-order valence-electron chi connectivity index (χ3n) is 5.41. The lowest BCUT2D eigenvalue weighted by Gasteiger charge is -2.22. The van der Waals surface area contributed by atoms with Crippen molar-refractivity contribution < 1.29 is 37.8 Å². The van der Waals surface area contributed by atoms with Crippen LogP contribution in [0.1, 0.15) is 43.9 Å². The average Bonchev–Trinajstić information content (AvgIpc) is 3.45. The lowest BCUT2D eigenvalue weighted by molar-refractivity contribution is -0.192. The van der Waals surface area contributed by atoms with Crippen LogP contribution in [0, 0.1) is 13.8 Å². The Hall–Kier alpha value is -3.87. The van der Waals surface area contributed by atoms with Crippen LogP contribution in [0.4, 0.5) is 24.5 Å². The van der Waals surface area contributed by atoms with E-state index in [2.05, 4.69) is 24.3 Å². The summed E-state index contributed by atoms with van der Waals surface area (Å²) in [6.45, 7) is 7.60. The predicted octanol–water partition coefficient (Wildman–Crippen LogP) is 4.84. The SMILES string of the molecule is CCn1nc(C)c(CCN(C)c2ccc(NC(=O)c3cccs3)cc2C(=O)O)c1C.O=C(O)C(F)(F)F. The first kappa shape index (κ1) is 29.4. The van der Waals surface area contributed by atoms with Crippen molar-refractivity contribution in [1.82, 2.24) is 9.78 Å². The topological polar surface area (TPSA) is 125 Å². The largest absolute Gasteiger partial charge is 0.490 e. The molecule has 0 aliphatic heterocycles. The van der Waals surface area contributed by atoms with E-state index in [1.165, 1.54) is 23.0 Å². The van der Waals surface area contributed by atoms with E-state index in [4.69, 9.17) is 9.90 Å². The van der Waals surface area contributed by atoms with Crippen LogP contribution in [-0.2, 0) is 17.8 Å². The number of halogens is 3. The molecular weight excluding hydrogens is 513 g/mol. The summed E-state index contributed by atoms with van der Waals surface area (Å²) in [4.78, 5) is 35.5. The number of amides is 1. The van der Waals surface area contributed by atoms with Gasteiger partial charge in [0.15, 0.2) is 0 Å². The van der Waals surface area contributed by atoms with Crippen LogP contribution in [0.3, 0.4) is 0 Å². The summed E-state index contributed by atoms with van der Waals surface area (Å²) in [6.07, 6.45) is -4.32. The van der Waals surface area contributed by atoms with Crippen molar-refractivity contribution in [2.45, 2.75) is 39.9 Å². The maximum Gasteiger partial charge on any atom is 0.490 e. The fraction of sp³-hybridized carbons (Fsp3) is 0.333. The number of hydrogen-bond donors (Lipinski definition) is 3. The van der Waals surface area contributed by atoms with Gasteiger partial charge in [0.25, 0.3) is 5.91 Å². The van der Waals surface area contributed by atoms with Crippen molar-refractivity contribution in [3.8, 4) is 0 Å². The quantitative estimate of drug-likeness (QED) is 0.373. The molecule has 0 bridgehead atoms. The van der Waals surface area contributed by atoms with E-state index in [-0.39, 0.29) is 11.5 Å². The summed E-state index contributed by atoms with van der Waals surface area (Å²) >= 11 is 1.34. The molecule has 9 nitrogen and oxygen atoms in total. The van der Waals surface area contributed by atoms with E-state index in [1.54, 1.807) is 24.3 Å². The van der Waals surface area contributed by atoms with Crippen LogP contribution in [0.15, 0.2) is 35.7 Å². The molecule has 200 valence electrons. The molecule has 2 aromatic heterocycles. The minimum absolute atomic E-state index is 0.152. The summed E-state index contributed by atoms with van der Waals surface area (Å²) in [5.41, 5.74) is 4.56. The number of hydrogen-bond acceptors (Lipinski definition) is 6. The second kappa shape index (κ2) is 12.4. The standard InChI is InChI=1S/C22H26N4O3S.C2HF3O2/c1-5-26-15(3)17(14(2)24-26)10-11-25(4)19-9-8-16(13-18(19)22(28)29)23-21(27)20-7-6-12-30-20;3-2(4,5)1(6)7/h6-9,12-13H,5,10-11H2,1-4H3,(H,23,27)(H,28,29);(H,6,7). The number of alkyl halides is 3. The van der Waals surface area contributed by atoms with Crippen LogP contribution < -0.4 is 10.2 Å². The molecule has 37 heavy (non-hydrogen) atoms. The van der Waals surface area contributed by atoms with Gasteiger partial charge in [-0.2, -0.15) is 18.3 Å². The van der Waals surface area contributed by atoms with Gasteiger partial charge in [0, 0.05) is 31.5 Å². The van der Waals surface area contributed by atoms with Crippen molar-refractivity contribution in [2.75, 3.05) is 23.8 Å². The number of aromatic nitrogens is 2. The van der Waals surface area contributed by atoms with Crippen LogP contribution in [0.25, 0.3) is 0 Å². The maximum absolute atomic E-state index is 12.3. The van der Waals surface area contributed by atoms with Gasteiger partial charge in [-0.3, -0.25) is 9.48 Å². The third-order valence-corrected chi connectivity index (χ3v) is 6.28. The summed E-state index contributed by atoms with van der Waals surface area (Å²) in [5.74, 6) is -4.04. The van der Waals surface area contributed by atoms with Gasteiger partial charge in [-0.05, 0) is 62.4 Å². The maximum atomic E-state index is 12.3. The summed E-state index contributed by atoms with van der Waals surface area (Å²) in [7, 11) is 1.88. The molecule has 3 aromatic rings. The average molecular weight is 541 g/mol. The first-order chi connectivity index (χ1) is 17.3. The van der Waals surface area contributed by atoms with Crippen LogP contribution >= 0.6 is 11.3 Å². The molecule has 13 heteroatoms. The highest BCUT2D eigenvalue weighted by atomic mass is 32.1. The summed E-state index contributed by atoms with van der Waals surface area (Å²) < 4.78 is 33.7. The number of likely N-dealkylation sites (N-methyl/N-ethyl adjacent to an activating group) is 1. The van der Waals surface area contributed by atoms with Gasteiger partial charge in [-0.15, -0.1) is 11.3 Å². The number of aliphatic carboxylic acids is 1. The summed E-state index contributed by atoms with van der Waals surface area (Å²) in [5, 5.41) is 26.0. The molecule has 0 fully saturated rings. The van der Waals surface area contributed by atoms with Crippen molar-refractivity contribution in [1.29, 1.82) is 0 Å².